The zero-order chi connectivity index (χ0) is 10.1. The van der Waals surface area contributed by atoms with Crippen molar-refractivity contribution in [1.82, 2.24) is 5.32 Å². The maximum atomic E-state index is 3.54. The first-order chi connectivity index (χ1) is 6.22. The van der Waals surface area contributed by atoms with Crippen molar-refractivity contribution in [1.29, 1.82) is 0 Å². The van der Waals surface area contributed by atoms with E-state index in [1.165, 1.54) is 24.3 Å². The summed E-state index contributed by atoms with van der Waals surface area (Å²) in [6.45, 7) is 10.1. The number of hydrogen-bond donors (Lipinski definition) is 1. The molecule has 0 aliphatic carbocycles. The molecule has 0 radical (unpaired) electrons. The van der Waals surface area contributed by atoms with Crippen molar-refractivity contribution in [3.63, 3.8) is 0 Å². The third-order valence-corrected chi connectivity index (χ3v) is 3.38. The normalized spacial score (nSPS) is 13.6. The summed E-state index contributed by atoms with van der Waals surface area (Å²) in [7, 11) is 0. The minimum Gasteiger partial charge on any atom is -0.313 e. The molecule has 0 rings (SSSR count). The smallest absolute Gasteiger partial charge is 0.0181 e. The van der Waals surface area contributed by atoms with Gasteiger partial charge in [0.1, 0.15) is 0 Å². The van der Waals surface area contributed by atoms with Gasteiger partial charge in [0.2, 0.25) is 0 Å². The van der Waals surface area contributed by atoms with Gasteiger partial charge in [-0.05, 0) is 24.6 Å². The van der Waals surface area contributed by atoms with Crippen molar-refractivity contribution in [3.8, 4) is 0 Å². The molecule has 13 heavy (non-hydrogen) atoms. The number of rotatable bonds is 8. The van der Waals surface area contributed by atoms with E-state index < -0.39 is 0 Å². The standard InChI is InChI=1S/C11H25NS/c1-5-7-8-13-9-11(10(3)4)12-6-2/h10-12H,5-9H2,1-4H3. The molecular weight excluding hydrogens is 178 g/mol. The number of unbranched alkanes of at least 4 members (excludes halogenated alkanes) is 1. The molecule has 0 amide bonds. The molecule has 0 aromatic heterocycles. The SMILES string of the molecule is CCCCSCC(NCC)C(C)C. The Morgan fingerprint density at radius 2 is 1.92 bits per heavy atom. The minimum atomic E-state index is 0.701. The van der Waals surface area contributed by atoms with Gasteiger partial charge in [-0.15, -0.1) is 0 Å². The summed E-state index contributed by atoms with van der Waals surface area (Å²) in [5.74, 6) is 3.35. The largest absolute Gasteiger partial charge is 0.313 e. The topological polar surface area (TPSA) is 12.0 Å². The van der Waals surface area contributed by atoms with Crippen molar-refractivity contribution in [2.75, 3.05) is 18.1 Å². The monoisotopic (exact) mass is 203 g/mol. The molecule has 1 N–H and O–H groups in total. The summed E-state index contributed by atoms with van der Waals surface area (Å²) in [5.41, 5.74) is 0. The molecule has 0 heterocycles. The van der Waals surface area contributed by atoms with E-state index in [1.807, 2.05) is 0 Å². The van der Waals surface area contributed by atoms with Crippen molar-refractivity contribution >= 4 is 11.8 Å². The first-order valence-corrected chi connectivity index (χ1v) is 6.68. The lowest BCUT2D eigenvalue weighted by Crippen LogP contribution is -2.35. The Morgan fingerprint density at radius 3 is 2.38 bits per heavy atom. The lowest BCUT2D eigenvalue weighted by atomic mass is 10.1. The van der Waals surface area contributed by atoms with Gasteiger partial charge in [0.05, 0.1) is 0 Å². The summed E-state index contributed by atoms with van der Waals surface area (Å²) in [6.07, 6.45) is 2.68. The van der Waals surface area contributed by atoms with Crippen LogP contribution in [0.1, 0.15) is 40.5 Å². The minimum absolute atomic E-state index is 0.701. The van der Waals surface area contributed by atoms with Crippen LogP contribution in [0.15, 0.2) is 0 Å². The van der Waals surface area contributed by atoms with Gasteiger partial charge in [0.15, 0.2) is 0 Å². The van der Waals surface area contributed by atoms with Crippen LogP contribution in [-0.2, 0) is 0 Å². The van der Waals surface area contributed by atoms with Crippen LogP contribution in [-0.4, -0.2) is 24.1 Å². The second-order valence-corrected chi connectivity index (χ2v) is 4.99. The molecule has 0 aromatic rings. The van der Waals surface area contributed by atoms with E-state index in [4.69, 9.17) is 0 Å². The first-order valence-electron chi connectivity index (χ1n) is 5.53. The third-order valence-electron chi connectivity index (χ3n) is 2.21. The molecule has 0 bridgehead atoms. The molecule has 1 nitrogen and oxygen atoms in total. The van der Waals surface area contributed by atoms with E-state index in [1.54, 1.807) is 0 Å². The fraction of sp³-hybridized carbons (Fsp3) is 1.00. The molecule has 0 aliphatic heterocycles. The number of thioether (sulfide) groups is 1. The van der Waals surface area contributed by atoms with E-state index >= 15 is 0 Å². The molecule has 0 saturated heterocycles. The van der Waals surface area contributed by atoms with E-state index in [2.05, 4.69) is 44.8 Å². The second kappa shape index (κ2) is 8.89. The van der Waals surface area contributed by atoms with E-state index in [9.17, 15) is 0 Å². The predicted molar refractivity (Wildman–Crippen MR) is 64.5 cm³/mol. The Hall–Kier alpha value is 0.310. The maximum absolute atomic E-state index is 3.54. The van der Waals surface area contributed by atoms with Crippen LogP contribution < -0.4 is 5.32 Å². The van der Waals surface area contributed by atoms with Gasteiger partial charge in [-0.3, -0.25) is 0 Å². The average molecular weight is 203 g/mol. The predicted octanol–water partition coefficient (Wildman–Crippen LogP) is 3.15. The Bertz CT molecular complexity index is 104. The van der Waals surface area contributed by atoms with Crippen molar-refractivity contribution in [2.24, 2.45) is 5.92 Å². The highest BCUT2D eigenvalue weighted by molar-refractivity contribution is 7.99. The van der Waals surface area contributed by atoms with Gasteiger partial charge in [-0.1, -0.05) is 34.1 Å². The quantitative estimate of drug-likeness (QED) is 0.608. The van der Waals surface area contributed by atoms with Gasteiger partial charge >= 0.3 is 0 Å². The first kappa shape index (κ1) is 13.3. The molecule has 0 fully saturated rings. The fourth-order valence-corrected chi connectivity index (χ4v) is 2.62. The van der Waals surface area contributed by atoms with Gasteiger partial charge in [0.25, 0.3) is 0 Å². The Labute approximate surface area is 88.1 Å². The number of nitrogens with one attached hydrogen (secondary N) is 1. The van der Waals surface area contributed by atoms with Crippen LogP contribution in [0.4, 0.5) is 0 Å². The molecule has 80 valence electrons. The van der Waals surface area contributed by atoms with Gasteiger partial charge < -0.3 is 5.32 Å². The zero-order valence-corrected chi connectivity index (χ0v) is 10.4. The zero-order valence-electron chi connectivity index (χ0n) is 9.60. The van der Waals surface area contributed by atoms with Crippen LogP contribution in [0.2, 0.25) is 0 Å². The van der Waals surface area contributed by atoms with E-state index in [0.29, 0.717) is 6.04 Å². The van der Waals surface area contributed by atoms with Gasteiger partial charge in [0, 0.05) is 11.8 Å². The Kier molecular flexibility index (Phi) is 9.10. The molecular formula is C11H25NS. The summed E-state index contributed by atoms with van der Waals surface area (Å²) < 4.78 is 0. The molecule has 1 unspecified atom stereocenters. The Balaban J connectivity index is 3.45. The van der Waals surface area contributed by atoms with Crippen molar-refractivity contribution < 1.29 is 0 Å². The highest BCUT2D eigenvalue weighted by Gasteiger charge is 2.10. The van der Waals surface area contributed by atoms with Crippen LogP contribution >= 0.6 is 11.8 Å². The lowest BCUT2D eigenvalue weighted by molar-refractivity contribution is 0.443. The molecule has 0 spiro atoms. The average Bonchev–Trinajstić information content (AvgIpc) is 2.10. The van der Waals surface area contributed by atoms with Crippen molar-refractivity contribution in [3.05, 3.63) is 0 Å². The lowest BCUT2D eigenvalue weighted by Gasteiger charge is -2.21. The Morgan fingerprint density at radius 1 is 1.23 bits per heavy atom. The summed E-state index contributed by atoms with van der Waals surface area (Å²) in [5, 5.41) is 3.54. The number of hydrogen-bond acceptors (Lipinski definition) is 2. The fourth-order valence-electron chi connectivity index (χ4n) is 1.21. The van der Waals surface area contributed by atoms with E-state index in [0.717, 1.165) is 12.5 Å². The van der Waals surface area contributed by atoms with Crippen molar-refractivity contribution in [2.45, 2.75) is 46.6 Å². The second-order valence-electron chi connectivity index (χ2n) is 3.84. The summed E-state index contributed by atoms with van der Waals surface area (Å²) in [4.78, 5) is 0. The molecule has 0 aromatic carbocycles. The molecule has 2 heteroatoms. The van der Waals surface area contributed by atoms with Gasteiger partial charge in [-0.2, -0.15) is 11.8 Å². The van der Waals surface area contributed by atoms with E-state index in [-0.39, 0.29) is 0 Å². The molecule has 0 aliphatic rings. The third kappa shape index (κ3) is 7.39. The van der Waals surface area contributed by atoms with Crippen LogP contribution in [0.5, 0.6) is 0 Å². The molecule has 0 saturated carbocycles. The highest BCUT2D eigenvalue weighted by atomic mass is 32.2. The summed E-state index contributed by atoms with van der Waals surface area (Å²) in [6, 6.07) is 0.701. The molecule has 1 atom stereocenters. The van der Waals surface area contributed by atoms with Crippen LogP contribution in [0.25, 0.3) is 0 Å². The van der Waals surface area contributed by atoms with Gasteiger partial charge in [-0.25, -0.2) is 0 Å². The highest BCUT2D eigenvalue weighted by Crippen LogP contribution is 2.11. The summed E-state index contributed by atoms with van der Waals surface area (Å²) >= 11 is 2.09. The van der Waals surface area contributed by atoms with Crippen LogP contribution in [0, 0.1) is 5.92 Å². The maximum Gasteiger partial charge on any atom is 0.0181 e. The van der Waals surface area contributed by atoms with Crippen LogP contribution in [0.3, 0.4) is 0 Å².